The molecule has 0 aliphatic rings. The minimum absolute atomic E-state index is 0.0760. The predicted octanol–water partition coefficient (Wildman–Crippen LogP) is 4.40. The molecule has 0 fully saturated rings. The van der Waals surface area contributed by atoms with E-state index in [9.17, 15) is 9.59 Å². The summed E-state index contributed by atoms with van der Waals surface area (Å²) in [5.74, 6) is 1.27. The van der Waals surface area contributed by atoms with E-state index in [4.69, 9.17) is 4.42 Å². The van der Waals surface area contributed by atoms with Crippen molar-refractivity contribution in [2.24, 2.45) is 0 Å². The van der Waals surface area contributed by atoms with Gasteiger partial charge in [0.25, 0.3) is 11.5 Å². The molecule has 2 aromatic carbocycles. The van der Waals surface area contributed by atoms with Crippen molar-refractivity contribution in [1.82, 2.24) is 14.7 Å². The minimum atomic E-state index is -0.234. The van der Waals surface area contributed by atoms with Crippen molar-refractivity contribution >= 4 is 16.7 Å². The van der Waals surface area contributed by atoms with Crippen LogP contribution >= 0.6 is 0 Å². The van der Waals surface area contributed by atoms with Gasteiger partial charge in [-0.25, -0.2) is 4.68 Å². The van der Waals surface area contributed by atoms with Crippen LogP contribution in [0.15, 0.2) is 75.9 Å². The van der Waals surface area contributed by atoms with Gasteiger partial charge in [-0.2, -0.15) is 5.10 Å². The van der Waals surface area contributed by atoms with Crippen molar-refractivity contribution in [3.8, 4) is 0 Å². The van der Waals surface area contributed by atoms with Gasteiger partial charge in [0.05, 0.1) is 18.5 Å². The van der Waals surface area contributed by atoms with Crippen LogP contribution in [0.25, 0.3) is 10.8 Å². The van der Waals surface area contributed by atoms with Gasteiger partial charge in [0.2, 0.25) is 0 Å². The summed E-state index contributed by atoms with van der Waals surface area (Å²) in [5, 5.41) is 5.57. The van der Waals surface area contributed by atoms with E-state index in [2.05, 4.69) is 5.10 Å². The van der Waals surface area contributed by atoms with Crippen molar-refractivity contribution in [3.05, 3.63) is 99.9 Å². The van der Waals surface area contributed by atoms with Gasteiger partial charge in [-0.05, 0) is 44.5 Å². The molecule has 6 heteroatoms. The van der Waals surface area contributed by atoms with Crippen LogP contribution in [0.1, 0.15) is 41.4 Å². The molecule has 0 N–H and O–H groups in total. The molecule has 4 rings (SSSR count). The van der Waals surface area contributed by atoms with Crippen molar-refractivity contribution in [1.29, 1.82) is 0 Å². The molecule has 0 unspecified atom stereocenters. The number of hydrogen-bond donors (Lipinski definition) is 0. The topological polar surface area (TPSA) is 68.3 Å². The lowest BCUT2D eigenvalue weighted by Crippen LogP contribution is -2.38. The van der Waals surface area contributed by atoms with Crippen LogP contribution < -0.4 is 5.56 Å². The lowest BCUT2D eigenvalue weighted by atomic mass is 10.1. The van der Waals surface area contributed by atoms with Gasteiger partial charge in [0.1, 0.15) is 11.5 Å². The lowest BCUT2D eigenvalue weighted by Gasteiger charge is -2.26. The van der Waals surface area contributed by atoms with Crippen LogP contribution in [0.4, 0.5) is 0 Å². The molecule has 0 aliphatic carbocycles. The molecule has 1 amide bonds. The van der Waals surface area contributed by atoms with Crippen LogP contribution in [-0.2, 0) is 13.1 Å². The van der Waals surface area contributed by atoms with Crippen molar-refractivity contribution in [2.45, 2.75) is 39.9 Å². The van der Waals surface area contributed by atoms with Gasteiger partial charge in [0.15, 0.2) is 5.69 Å². The number of nitrogens with zero attached hydrogens (tertiary/aromatic N) is 3. The largest absolute Gasteiger partial charge is 0.464 e. The average molecular weight is 415 g/mol. The highest BCUT2D eigenvalue weighted by Crippen LogP contribution is 2.19. The fraction of sp³-hybridized carbons (Fsp3) is 0.240. The molecule has 0 spiro atoms. The number of carbonyl (C=O) groups excluding carboxylic acids is 1. The summed E-state index contributed by atoms with van der Waals surface area (Å²) in [4.78, 5) is 28.4. The van der Waals surface area contributed by atoms with Gasteiger partial charge in [-0.1, -0.05) is 48.5 Å². The summed E-state index contributed by atoms with van der Waals surface area (Å²) in [6, 6.07) is 20.4. The van der Waals surface area contributed by atoms with Crippen molar-refractivity contribution in [3.63, 3.8) is 0 Å². The van der Waals surface area contributed by atoms with E-state index in [0.717, 1.165) is 11.3 Å². The highest BCUT2D eigenvalue weighted by molar-refractivity contribution is 6.04. The van der Waals surface area contributed by atoms with E-state index < -0.39 is 0 Å². The predicted molar refractivity (Wildman–Crippen MR) is 120 cm³/mol. The Morgan fingerprint density at radius 1 is 1.00 bits per heavy atom. The molecule has 0 bridgehead atoms. The third-order valence-corrected chi connectivity index (χ3v) is 5.25. The third kappa shape index (κ3) is 4.28. The highest BCUT2D eigenvalue weighted by Gasteiger charge is 2.25. The Bertz CT molecular complexity index is 1270. The van der Waals surface area contributed by atoms with Crippen LogP contribution in [0.5, 0.6) is 0 Å². The maximum absolute atomic E-state index is 13.6. The minimum Gasteiger partial charge on any atom is -0.464 e. The molecule has 2 aromatic heterocycles. The molecule has 0 saturated carbocycles. The zero-order valence-electron chi connectivity index (χ0n) is 17.9. The normalized spacial score (nSPS) is 11.2. The summed E-state index contributed by atoms with van der Waals surface area (Å²) >= 11 is 0. The quantitative estimate of drug-likeness (QED) is 0.468. The Balaban J connectivity index is 1.80. The molecule has 31 heavy (non-hydrogen) atoms. The van der Waals surface area contributed by atoms with Gasteiger partial charge in [-0.3, -0.25) is 9.59 Å². The number of rotatable bonds is 6. The zero-order chi connectivity index (χ0) is 22.0. The van der Waals surface area contributed by atoms with E-state index >= 15 is 0 Å². The second-order valence-electron chi connectivity index (χ2n) is 7.88. The SMILES string of the molecule is Cc1ccc(CN(C(=O)c2nn(Cc3ccccc3)c(=O)c3ccccc23)C(C)C)o1. The first kappa shape index (κ1) is 20.6. The standard InChI is InChI=1S/C25H25N3O3/c1-17(2)27(16-20-14-13-18(3)31-20)25(30)23-21-11-7-8-12-22(21)24(29)28(26-23)15-19-9-5-4-6-10-19/h4-14,17H,15-16H2,1-3H3. The highest BCUT2D eigenvalue weighted by atomic mass is 16.3. The van der Waals surface area contributed by atoms with Gasteiger partial charge in [-0.15, -0.1) is 0 Å². The Morgan fingerprint density at radius 2 is 1.68 bits per heavy atom. The summed E-state index contributed by atoms with van der Waals surface area (Å²) in [5.41, 5.74) is 0.995. The molecule has 0 atom stereocenters. The number of carbonyl (C=O) groups is 1. The fourth-order valence-electron chi connectivity index (χ4n) is 3.62. The monoisotopic (exact) mass is 415 g/mol. The second-order valence-corrected chi connectivity index (χ2v) is 7.88. The molecule has 0 saturated heterocycles. The number of furan rings is 1. The number of aryl methyl sites for hydroxylation is 1. The first-order valence-electron chi connectivity index (χ1n) is 10.3. The Labute approximate surface area is 180 Å². The molecule has 0 radical (unpaired) electrons. The van der Waals surface area contributed by atoms with Gasteiger partial charge in [0, 0.05) is 11.4 Å². The van der Waals surface area contributed by atoms with E-state index in [-0.39, 0.29) is 23.2 Å². The molecular formula is C25H25N3O3. The first-order chi connectivity index (χ1) is 14.9. The number of benzene rings is 2. The Kier molecular flexibility index (Phi) is 5.71. The molecule has 0 aliphatic heterocycles. The summed E-state index contributed by atoms with van der Waals surface area (Å²) in [6.45, 7) is 6.41. The van der Waals surface area contributed by atoms with Crippen LogP contribution in [0.2, 0.25) is 0 Å². The zero-order valence-corrected chi connectivity index (χ0v) is 17.9. The van der Waals surface area contributed by atoms with E-state index in [0.29, 0.717) is 29.6 Å². The van der Waals surface area contributed by atoms with Crippen LogP contribution in [-0.4, -0.2) is 26.6 Å². The maximum Gasteiger partial charge on any atom is 0.275 e. The Hall–Kier alpha value is -3.67. The summed E-state index contributed by atoms with van der Waals surface area (Å²) in [7, 11) is 0. The Morgan fingerprint density at radius 3 is 2.32 bits per heavy atom. The van der Waals surface area contributed by atoms with Gasteiger partial charge >= 0.3 is 0 Å². The molecule has 2 heterocycles. The molecule has 6 nitrogen and oxygen atoms in total. The maximum atomic E-state index is 13.6. The molecular weight excluding hydrogens is 390 g/mol. The summed E-state index contributed by atoms with van der Waals surface area (Å²) in [6.07, 6.45) is 0. The van der Waals surface area contributed by atoms with Crippen LogP contribution in [0, 0.1) is 6.92 Å². The smallest absolute Gasteiger partial charge is 0.275 e. The van der Waals surface area contributed by atoms with Crippen LogP contribution in [0.3, 0.4) is 0 Å². The lowest BCUT2D eigenvalue weighted by molar-refractivity contribution is 0.0669. The molecule has 4 aromatic rings. The van der Waals surface area contributed by atoms with Gasteiger partial charge < -0.3 is 9.32 Å². The third-order valence-electron chi connectivity index (χ3n) is 5.25. The first-order valence-corrected chi connectivity index (χ1v) is 10.3. The fourth-order valence-corrected chi connectivity index (χ4v) is 3.62. The molecule has 158 valence electrons. The van der Waals surface area contributed by atoms with Crippen molar-refractivity contribution in [2.75, 3.05) is 0 Å². The number of fused-ring (bicyclic) bond motifs is 1. The average Bonchev–Trinajstić information content (AvgIpc) is 3.19. The summed E-state index contributed by atoms with van der Waals surface area (Å²) < 4.78 is 7.07. The number of amides is 1. The van der Waals surface area contributed by atoms with E-state index in [1.807, 2.05) is 69.3 Å². The van der Waals surface area contributed by atoms with E-state index in [1.165, 1.54) is 4.68 Å². The van der Waals surface area contributed by atoms with Crippen molar-refractivity contribution < 1.29 is 9.21 Å². The second kappa shape index (κ2) is 8.60. The number of hydrogen-bond acceptors (Lipinski definition) is 4. The number of aromatic nitrogens is 2. The van der Waals surface area contributed by atoms with E-state index in [1.54, 1.807) is 23.1 Å².